The van der Waals surface area contributed by atoms with Crippen molar-refractivity contribution >= 4 is 6.16 Å². The Labute approximate surface area is 163 Å². The topological polar surface area (TPSA) is 35.5 Å². The van der Waals surface area contributed by atoms with Crippen molar-refractivity contribution in [3.8, 4) is 0 Å². The molecule has 0 bridgehead atoms. The molecule has 27 heavy (non-hydrogen) atoms. The molecule has 146 valence electrons. The third-order valence-electron chi connectivity index (χ3n) is 4.65. The lowest BCUT2D eigenvalue weighted by atomic mass is 9.98. The van der Waals surface area contributed by atoms with Crippen LogP contribution in [-0.2, 0) is 28.7 Å². The number of benzene rings is 2. The number of hydrogen-bond acceptors (Lipinski definition) is 3. The Kier molecular flexibility index (Phi) is 10.1. The van der Waals surface area contributed by atoms with Gasteiger partial charge in [0, 0.05) is 0 Å². The molecule has 0 aromatic heterocycles. The van der Waals surface area contributed by atoms with Crippen molar-refractivity contribution in [1.82, 2.24) is 0 Å². The molecule has 2 aromatic rings. The zero-order valence-electron chi connectivity index (χ0n) is 16.5. The fourth-order valence-corrected chi connectivity index (χ4v) is 3.15. The van der Waals surface area contributed by atoms with Gasteiger partial charge in [-0.1, -0.05) is 74.4 Å². The SMILES string of the molecule is CCCCCc1ccccc1CCCOC(=O)OCCCc1ccccc1. The molecule has 0 aliphatic rings. The van der Waals surface area contributed by atoms with E-state index in [4.69, 9.17) is 9.47 Å². The van der Waals surface area contributed by atoms with Crippen molar-refractivity contribution in [3.05, 3.63) is 71.3 Å². The van der Waals surface area contributed by atoms with Crippen LogP contribution in [-0.4, -0.2) is 19.4 Å². The fraction of sp³-hybridized carbons (Fsp3) is 0.458. The smallest absolute Gasteiger partial charge is 0.434 e. The lowest BCUT2D eigenvalue weighted by molar-refractivity contribution is 0.0539. The lowest BCUT2D eigenvalue weighted by Gasteiger charge is -2.10. The van der Waals surface area contributed by atoms with Crippen LogP contribution in [0.5, 0.6) is 0 Å². The molecule has 0 aliphatic carbocycles. The molecule has 0 N–H and O–H groups in total. The summed E-state index contributed by atoms with van der Waals surface area (Å²) in [6.45, 7) is 3.03. The van der Waals surface area contributed by atoms with E-state index in [9.17, 15) is 4.79 Å². The van der Waals surface area contributed by atoms with Crippen LogP contribution < -0.4 is 0 Å². The van der Waals surface area contributed by atoms with Gasteiger partial charge in [0.25, 0.3) is 0 Å². The number of ether oxygens (including phenoxy) is 2. The molecule has 0 fully saturated rings. The van der Waals surface area contributed by atoms with E-state index in [0.717, 1.165) is 32.1 Å². The number of hydrogen-bond donors (Lipinski definition) is 0. The predicted molar refractivity (Wildman–Crippen MR) is 110 cm³/mol. The summed E-state index contributed by atoms with van der Waals surface area (Å²) in [5.74, 6) is 0. The molecule has 0 unspecified atom stereocenters. The van der Waals surface area contributed by atoms with Crippen LogP contribution in [0.4, 0.5) is 4.79 Å². The maximum atomic E-state index is 11.7. The highest BCUT2D eigenvalue weighted by Crippen LogP contribution is 2.15. The van der Waals surface area contributed by atoms with Gasteiger partial charge in [-0.3, -0.25) is 0 Å². The Bertz CT molecular complexity index is 652. The first kappa shape index (κ1) is 21.0. The largest absolute Gasteiger partial charge is 0.508 e. The first-order valence-electron chi connectivity index (χ1n) is 10.2. The highest BCUT2D eigenvalue weighted by Gasteiger charge is 2.05. The summed E-state index contributed by atoms with van der Waals surface area (Å²) in [6.07, 6.45) is 7.80. The highest BCUT2D eigenvalue weighted by atomic mass is 16.7. The van der Waals surface area contributed by atoms with Crippen LogP contribution in [0.2, 0.25) is 0 Å². The third kappa shape index (κ3) is 8.76. The minimum absolute atomic E-state index is 0.397. The molecule has 0 aliphatic heterocycles. The van der Waals surface area contributed by atoms with Gasteiger partial charge < -0.3 is 9.47 Å². The quantitative estimate of drug-likeness (QED) is 0.333. The summed E-state index contributed by atoms with van der Waals surface area (Å²) in [4.78, 5) is 11.7. The summed E-state index contributed by atoms with van der Waals surface area (Å²) in [6, 6.07) is 18.8. The van der Waals surface area contributed by atoms with Gasteiger partial charge >= 0.3 is 6.16 Å². The molecule has 0 saturated heterocycles. The minimum Gasteiger partial charge on any atom is -0.434 e. The van der Waals surface area contributed by atoms with Gasteiger partial charge in [0.05, 0.1) is 13.2 Å². The van der Waals surface area contributed by atoms with Gasteiger partial charge in [0.2, 0.25) is 0 Å². The normalized spacial score (nSPS) is 10.6. The van der Waals surface area contributed by atoms with Gasteiger partial charge in [0.1, 0.15) is 0 Å². The van der Waals surface area contributed by atoms with Crippen LogP contribution >= 0.6 is 0 Å². The first-order chi connectivity index (χ1) is 13.3. The van der Waals surface area contributed by atoms with E-state index < -0.39 is 6.16 Å². The average Bonchev–Trinajstić information content (AvgIpc) is 2.70. The molecular weight excluding hydrogens is 336 g/mol. The summed E-state index contributed by atoms with van der Waals surface area (Å²) >= 11 is 0. The predicted octanol–water partition coefficient (Wildman–Crippen LogP) is 6.14. The van der Waals surface area contributed by atoms with E-state index in [-0.39, 0.29) is 0 Å². The van der Waals surface area contributed by atoms with Crippen LogP contribution in [0.15, 0.2) is 54.6 Å². The molecule has 0 spiro atoms. The number of unbranched alkanes of at least 4 members (excludes halogenated alkanes) is 2. The number of aryl methyl sites for hydroxylation is 3. The van der Waals surface area contributed by atoms with Crippen LogP contribution in [0, 0.1) is 0 Å². The monoisotopic (exact) mass is 368 g/mol. The van der Waals surface area contributed by atoms with E-state index in [1.807, 2.05) is 18.2 Å². The Morgan fingerprint density at radius 3 is 1.89 bits per heavy atom. The highest BCUT2D eigenvalue weighted by molar-refractivity contribution is 5.59. The Balaban J connectivity index is 1.57. The van der Waals surface area contributed by atoms with Crippen molar-refractivity contribution in [2.24, 2.45) is 0 Å². The molecule has 2 aromatic carbocycles. The Morgan fingerprint density at radius 2 is 1.26 bits per heavy atom. The van der Waals surface area contributed by atoms with Gasteiger partial charge in [-0.2, -0.15) is 0 Å². The van der Waals surface area contributed by atoms with Crippen molar-refractivity contribution in [2.75, 3.05) is 13.2 Å². The Hall–Kier alpha value is -2.29. The first-order valence-corrected chi connectivity index (χ1v) is 10.2. The zero-order chi connectivity index (χ0) is 19.2. The van der Waals surface area contributed by atoms with E-state index in [0.29, 0.717) is 13.2 Å². The number of carbonyl (C=O) groups excluding carboxylic acids is 1. The molecule has 0 amide bonds. The lowest BCUT2D eigenvalue weighted by Crippen LogP contribution is -2.10. The third-order valence-corrected chi connectivity index (χ3v) is 4.65. The fourth-order valence-electron chi connectivity index (χ4n) is 3.15. The summed E-state index contributed by atoms with van der Waals surface area (Å²) in [5, 5.41) is 0. The van der Waals surface area contributed by atoms with E-state index in [2.05, 4.69) is 43.3 Å². The second-order valence-corrected chi connectivity index (χ2v) is 6.87. The summed E-state index contributed by atoms with van der Waals surface area (Å²) in [5.41, 5.74) is 4.05. The van der Waals surface area contributed by atoms with Crippen molar-refractivity contribution in [2.45, 2.75) is 58.3 Å². The van der Waals surface area contributed by atoms with Crippen molar-refractivity contribution in [3.63, 3.8) is 0 Å². The number of carbonyl (C=O) groups is 1. The van der Waals surface area contributed by atoms with Gasteiger partial charge in [-0.05, 0) is 55.2 Å². The molecule has 0 heterocycles. The maximum Gasteiger partial charge on any atom is 0.508 e. The molecule has 3 nitrogen and oxygen atoms in total. The second kappa shape index (κ2) is 13.0. The molecule has 3 heteroatoms. The second-order valence-electron chi connectivity index (χ2n) is 6.87. The molecule has 0 radical (unpaired) electrons. The van der Waals surface area contributed by atoms with Crippen molar-refractivity contribution in [1.29, 1.82) is 0 Å². The van der Waals surface area contributed by atoms with Gasteiger partial charge in [-0.25, -0.2) is 4.79 Å². The standard InChI is InChI=1S/C24H32O3/c1-2-3-5-15-22-16-8-9-17-23(22)18-11-20-27-24(25)26-19-10-14-21-12-6-4-7-13-21/h4,6-9,12-13,16-17H,2-3,5,10-11,14-15,18-20H2,1H3. The average molecular weight is 369 g/mol. The van der Waals surface area contributed by atoms with Gasteiger partial charge in [-0.15, -0.1) is 0 Å². The zero-order valence-corrected chi connectivity index (χ0v) is 16.5. The van der Waals surface area contributed by atoms with Gasteiger partial charge in [0.15, 0.2) is 0 Å². The van der Waals surface area contributed by atoms with Crippen LogP contribution in [0.3, 0.4) is 0 Å². The van der Waals surface area contributed by atoms with Crippen LogP contribution in [0.1, 0.15) is 55.7 Å². The van der Waals surface area contributed by atoms with E-state index in [1.54, 1.807) is 0 Å². The maximum absolute atomic E-state index is 11.7. The molecule has 0 atom stereocenters. The van der Waals surface area contributed by atoms with Crippen molar-refractivity contribution < 1.29 is 14.3 Å². The molecular formula is C24H32O3. The van der Waals surface area contributed by atoms with E-state index in [1.165, 1.54) is 36.0 Å². The molecule has 2 rings (SSSR count). The molecule has 0 saturated carbocycles. The summed E-state index contributed by atoms with van der Waals surface area (Å²) < 4.78 is 10.3. The van der Waals surface area contributed by atoms with E-state index >= 15 is 0 Å². The summed E-state index contributed by atoms with van der Waals surface area (Å²) in [7, 11) is 0. The minimum atomic E-state index is -0.556. The number of rotatable bonds is 12. The Morgan fingerprint density at radius 1 is 0.704 bits per heavy atom. The van der Waals surface area contributed by atoms with Crippen LogP contribution in [0.25, 0.3) is 0 Å².